The van der Waals surface area contributed by atoms with Crippen LogP contribution < -0.4 is 4.72 Å². The molecule has 0 saturated heterocycles. The van der Waals surface area contributed by atoms with Crippen LogP contribution in [0.5, 0.6) is 0 Å². The lowest BCUT2D eigenvalue weighted by atomic mass is 9.92. The predicted molar refractivity (Wildman–Crippen MR) is 104 cm³/mol. The highest BCUT2D eigenvalue weighted by atomic mass is 32.2. The predicted octanol–water partition coefficient (Wildman–Crippen LogP) is 4.42. The summed E-state index contributed by atoms with van der Waals surface area (Å²) in [6.07, 6.45) is 1.49. The SMILES string of the molecule is Cc1ccc(NS(=O)(=O)c2cn(-c3ccccc3)nc2C(C)(C)C)cc1F. The van der Waals surface area contributed by atoms with Gasteiger partial charge in [-0.2, -0.15) is 5.10 Å². The van der Waals surface area contributed by atoms with E-state index in [1.54, 1.807) is 11.6 Å². The fourth-order valence-electron chi connectivity index (χ4n) is 2.65. The van der Waals surface area contributed by atoms with Crippen molar-refractivity contribution in [1.82, 2.24) is 9.78 Å². The standard InChI is InChI=1S/C20H22FN3O2S/c1-14-10-11-15(12-17(14)21)23-27(25,26)18-13-24(16-8-6-5-7-9-16)22-19(18)20(2,3)4/h5-13,23H,1-4H3. The van der Waals surface area contributed by atoms with E-state index < -0.39 is 21.3 Å². The van der Waals surface area contributed by atoms with Gasteiger partial charge in [0.1, 0.15) is 10.7 Å². The fourth-order valence-corrected chi connectivity index (χ4v) is 4.04. The van der Waals surface area contributed by atoms with Gasteiger partial charge in [0.2, 0.25) is 0 Å². The average molecular weight is 387 g/mol. The number of halogens is 1. The Bertz CT molecular complexity index is 1070. The van der Waals surface area contributed by atoms with Crippen molar-refractivity contribution in [2.45, 2.75) is 38.0 Å². The normalized spacial score (nSPS) is 12.2. The molecule has 27 heavy (non-hydrogen) atoms. The first-order chi connectivity index (χ1) is 12.6. The van der Waals surface area contributed by atoms with Crippen LogP contribution in [-0.4, -0.2) is 18.2 Å². The zero-order chi connectivity index (χ0) is 19.8. The van der Waals surface area contributed by atoms with E-state index in [1.165, 1.54) is 24.4 Å². The third kappa shape index (κ3) is 4.03. The molecule has 0 amide bonds. The van der Waals surface area contributed by atoms with E-state index in [-0.39, 0.29) is 10.6 Å². The van der Waals surface area contributed by atoms with Gasteiger partial charge in [-0.25, -0.2) is 17.5 Å². The van der Waals surface area contributed by atoms with Crippen molar-refractivity contribution in [3.63, 3.8) is 0 Å². The Kier molecular flexibility index (Phi) is 4.82. The second-order valence-corrected chi connectivity index (χ2v) is 9.09. The number of aryl methyl sites for hydroxylation is 1. The molecule has 0 fully saturated rings. The third-order valence-corrected chi connectivity index (χ3v) is 5.51. The lowest BCUT2D eigenvalue weighted by Crippen LogP contribution is -2.20. The fraction of sp³-hybridized carbons (Fsp3) is 0.250. The van der Waals surface area contributed by atoms with Crippen LogP contribution >= 0.6 is 0 Å². The molecule has 142 valence electrons. The van der Waals surface area contributed by atoms with Gasteiger partial charge in [0.15, 0.2) is 0 Å². The summed E-state index contributed by atoms with van der Waals surface area (Å²) in [5.74, 6) is -0.466. The van der Waals surface area contributed by atoms with Gasteiger partial charge >= 0.3 is 0 Å². The second-order valence-electron chi connectivity index (χ2n) is 7.44. The molecule has 7 heteroatoms. The smallest absolute Gasteiger partial charge is 0.265 e. The summed E-state index contributed by atoms with van der Waals surface area (Å²) in [6.45, 7) is 7.31. The molecule has 2 aromatic carbocycles. The van der Waals surface area contributed by atoms with Crippen molar-refractivity contribution < 1.29 is 12.8 Å². The Labute approximate surface area is 158 Å². The van der Waals surface area contributed by atoms with E-state index in [0.717, 1.165) is 5.69 Å². The maximum Gasteiger partial charge on any atom is 0.265 e. The van der Waals surface area contributed by atoms with E-state index in [4.69, 9.17) is 0 Å². The Hall–Kier alpha value is -2.67. The highest BCUT2D eigenvalue weighted by Gasteiger charge is 2.30. The van der Waals surface area contributed by atoms with Crippen LogP contribution in [0.25, 0.3) is 5.69 Å². The first-order valence-electron chi connectivity index (χ1n) is 8.52. The van der Waals surface area contributed by atoms with Gasteiger partial charge in [-0.15, -0.1) is 0 Å². The maximum absolute atomic E-state index is 13.8. The Morgan fingerprint density at radius 1 is 1.07 bits per heavy atom. The minimum absolute atomic E-state index is 0.0693. The highest BCUT2D eigenvalue weighted by Crippen LogP contribution is 2.30. The van der Waals surface area contributed by atoms with E-state index >= 15 is 0 Å². The van der Waals surface area contributed by atoms with Crippen molar-refractivity contribution in [2.24, 2.45) is 0 Å². The van der Waals surface area contributed by atoms with Gasteiger partial charge in [0, 0.05) is 5.41 Å². The first kappa shape index (κ1) is 19.1. The zero-order valence-corrected chi connectivity index (χ0v) is 16.5. The molecule has 0 spiro atoms. The van der Waals surface area contributed by atoms with Gasteiger partial charge in [-0.1, -0.05) is 45.0 Å². The van der Waals surface area contributed by atoms with Gasteiger partial charge in [-0.05, 0) is 36.8 Å². The lowest BCUT2D eigenvalue weighted by molar-refractivity contribution is 0.543. The average Bonchev–Trinajstić information content (AvgIpc) is 3.06. The topological polar surface area (TPSA) is 64.0 Å². The monoisotopic (exact) mass is 387 g/mol. The van der Waals surface area contributed by atoms with Crippen molar-refractivity contribution in [3.05, 3.63) is 71.8 Å². The summed E-state index contributed by atoms with van der Waals surface area (Å²) in [5.41, 5.74) is 1.32. The number of benzene rings is 2. The maximum atomic E-state index is 13.8. The van der Waals surface area contributed by atoms with E-state index in [9.17, 15) is 12.8 Å². The number of rotatable bonds is 4. The number of sulfonamides is 1. The number of aromatic nitrogens is 2. The van der Waals surface area contributed by atoms with Gasteiger partial charge in [0.25, 0.3) is 10.0 Å². The van der Waals surface area contributed by atoms with Crippen LogP contribution in [0, 0.1) is 12.7 Å². The molecule has 0 aliphatic heterocycles. The van der Waals surface area contributed by atoms with Crippen molar-refractivity contribution >= 4 is 15.7 Å². The molecule has 0 bridgehead atoms. The molecule has 3 rings (SSSR count). The summed E-state index contributed by atoms with van der Waals surface area (Å²) in [5, 5.41) is 4.51. The number of hydrogen-bond acceptors (Lipinski definition) is 3. The number of hydrogen-bond donors (Lipinski definition) is 1. The molecule has 3 aromatic rings. The van der Waals surface area contributed by atoms with Crippen LogP contribution in [0.4, 0.5) is 10.1 Å². The number of nitrogens with one attached hydrogen (secondary N) is 1. The molecule has 0 aliphatic carbocycles. The third-order valence-electron chi connectivity index (χ3n) is 4.13. The quantitative estimate of drug-likeness (QED) is 0.721. The lowest BCUT2D eigenvalue weighted by Gasteiger charge is -2.18. The molecule has 0 unspecified atom stereocenters. The Morgan fingerprint density at radius 3 is 2.33 bits per heavy atom. The first-order valence-corrected chi connectivity index (χ1v) is 10.0. The minimum Gasteiger partial charge on any atom is -0.279 e. The number of anilines is 1. The summed E-state index contributed by atoms with van der Waals surface area (Å²) >= 11 is 0. The largest absolute Gasteiger partial charge is 0.279 e. The van der Waals surface area contributed by atoms with Crippen LogP contribution in [0.1, 0.15) is 32.0 Å². The van der Waals surface area contributed by atoms with E-state index in [1.807, 2.05) is 51.1 Å². The van der Waals surface area contributed by atoms with Crippen molar-refractivity contribution in [1.29, 1.82) is 0 Å². The number of para-hydroxylation sites is 1. The molecule has 0 radical (unpaired) electrons. The van der Waals surface area contributed by atoms with Crippen LogP contribution in [0.2, 0.25) is 0 Å². The highest BCUT2D eigenvalue weighted by molar-refractivity contribution is 7.92. The molecule has 0 saturated carbocycles. The number of nitrogens with zero attached hydrogens (tertiary/aromatic N) is 2. The summed E-state index contributed by atoms with van der Waals surface area (Å²) in [7, 11) is -3.94. The van der Waals surface area contributed by atoms with Crippen molar-refractivity contribution in [2.75, 3.05) is 4.72 Å². The minimum atomic E-state index is -3.94. The molecule has 0 atom stereocenters. The van der Waals surface area contributed by atoms with Crippen LogP contribution in [0.3, 0.4) is 0 Å². The van der Waals surface area contributed by atoms with Crippen LogP contribution in [0.15, 0.2) is 59.6 Å². The molecular weight excluding hydrogens is 365 g/mol. The van der Waals surface area contributed by atoms with E-state index in [0.29, 0.717) is 11.3 Å². The van der Waals surface area contributed by atoms with Gasteiger partial charge in [0.05, 0.1) is 23.3 Å². The van der Waals surface area contributed by atoms with Gasteiger partial charge < -0.3 is 0 Å². The van der Waals surface area contributed by atoms with Crippen LogP contribution in [-0.2, 0) is 15.4 Å². The molecule has 0 aliphatic rings. The molecule has 5 nitrogen and oxygen atoms in total. The van der Waals surface area contributed by atoms with E-state index in [2.05, 4.69) is 9.82 Å². The van der Waals surface area contributed by atoms with Crippen molar-refractivity contribution in [3.8, 4) is 5.69 Å². The summed E-state index contributed by atoms with van der Waals surface area (Å²) in [6, 6.07) is 13.5. The Balaban J connectivity index is 2.08. The molecule has 1 aromatic heterocycles. The summed E-state index contributed by atoms with van der Waals surface area (Å²) in [4.78, 5) is 0.0693. The Morgan fingerprint density at radius 2 is 1.74 bits per heavy atom. The summed E-state index contributed by atoms with van der Waals surface area (Å²) < 4.78 is 43.9. The van der Waals surface area contributed by atoms with Gasteiger partial charge in [-0.3, -0.25) is 4.72 Å². The zero-order valence-electron chi connectivity index (χ0n) is 15.7. The molecule has 1 N–H and O–H groups in total. The molecule has 1 heterocycles. The molecular formula is C20H22FN3O2S. The second kappa shape index (κ2) is 6.81.